The molecule has 0 saturated heterocycles. The van der Waals surface area contributed by atoms with Gasteiger partial charge in [0, 0.05) is 29.9 Å². The average Bonchev–Trinajstić information content (AvgIpc) is 2.98. The minimum absolute atomic E-state index is 0.436. The Morgan fingerprint density at radius 3 is 3.05 bits per heavy atom. The van der Waals surface area contributed by atoms with Gasteiger partial charge in [0.05, 0.1) is 6.54 Å². The van der Waals surface area contributed by atoms with Crippen molar-refractivity contribution >= 4 is 22.5 Å². The molecule has 0 amide bonds. The van der Waals surface area contributed by atoms with Crippen molar-refractivity contribution in [3.05, 3.63) is 53.0 Å². The number of halogens is 1. The fraction of sp³-hybridized carbons (Fsp3) is 0.214. The largest absolute Gasteiger partial charge is 0.377 e. The number of aromatic nitrogens is 2. The summed E-state index contributed by atoms with van der Waals surface area (Å²) in [6.45, 7) is 1.09. The summed E-state index contributed by atoms with van der Waals surface area (Å²) in [5.74, 6) is 0.729. The highest BCUT2D eigenvalue weighted by atomic mass is 35.5. The molecule has 0 N–H and O–H groups in total. The molecule has 0 aliphatic rings. The molecule has 0 bridgehead atoms. The fourth-order valence-corrected chi connectivity index (χ4v) is 2.28. The minimum atomic E-state index is 0.436. The maximum atomic E-state index is 6.03. The van der Waals surface area contributed by atoms with Crippen LogP contribution < -0.4 is 0 Å². The number of ether oxygens (including phenoxy) is 1. The van der Waals surface area contributed by atoms with Crippen molar-refractivity contribution in [3.63, 3.8) is 0 Å². The van der Waals surface area contributed by atoms with E-state index in [1.165, 1.54) is 0 Å². The van der Waals surface area contributed by atoms with E-state index in [0.717, 1.165) is 27.4 Å². The van der Waals surface area contributed by atoms with Crippen molar-refractivity contribution in [2.75, 3.05) is 7.11 Å². The van der Waals surface area contributed by atoms with Gasteiger partial charge in [0.15, 0.2) is 5.76 Å². The molecule has 0 spiro atoms. The first kappa shape index (κ1) is 12.3. The third kappa shape index (κ3) is 2.50. The first-order valence-corrected chi connectivity index (χ1v) is 6.32. The van der Waals surface area contributed by atoms with Gasteiger partial charge < -0.3 is 13.8 Å². The van der Waals surface area contributed by atoms with Crippen molar-refractivity contribution in [1.82, 2.24) is 9.72 Å². The lowest BCUT2D eigenvalue weighted by Crippen LogP contribution is -1.97. The zero-order valence-electron chi connectivity index (χ0n) is 10.5. The lowest BCUT2D eigenvalue weighted by atomic mass is 10.2. The van der Waals surface area contributed by atoms with Crippen LogP contribution in [-0.4, -0.2) is 16.8 Å². The van der Waals surface area contributed by atoms with E-state index in [2.05, 4.69) is 15.8 Å². The second kappa shape index (κ2) is 5.07. The minimum Gasteiger partial charge on any atom is -0.377 e. The van der Waals surface area contributed by atoms with E-state index in [4.69, 9.17) is 20.9 Å². The molecule has 0 aliphatic carbocycles. The van der Waals surface area contributed by atoms with Crippen LogP contribution in [-0.2, 0) is 17.9 Å². The molecule has 3 rings (SSSR count). The summed E-state index contributed by atoms with van der Waals surface area (Å²) in [5, 5.41) is 5.92. The number of benzene rings is 1. The summed E-state index contributed by atoms with van der Waals surface area (Å²) in [6.07, 6.45) is 2.02. The van der Waals surface area contributed by atoms with E-state index < -0.39 is 0 Å². The van der Waals surface area contributed by atoms with Crippen LogP contribution in [0.4, 0.5) is 0 Å². The van der Waals surface area contributed by atoms with Crippen molar-refractivity contribution in [2.24, 2.45) is 0 Å². The van der Waals surface area contributed by atoms with Gasteiger partial charge in [-0.15, -0.1) is 0 Å². The second-order valence-electron chi connectivity index (χ2n) is 4.36. The zero-order valence-corrected chi connectivity index (χ0v) is 11.2. The number of rotatable bonds is 4. The van der Waals surface area contributed by atoms with Gasteiger partial charge in [0.2, 0.25) is 0 Å². The normalized spacial score (nSPS) is 11.3. The lowest BCUT2D eigenvalue weighted by molar-refractivity contribution is 0.155. The van der Waals surface area contributed by atoms with Crippen LogP contribution in [0, 0.1) is 0 Å². The lowest BCUT2D eigenvalue weighted by Gasteiger charge is -2.02. The van der Waals surface area contributed by atoms with Gasteiger partial charge in [-0.3, -0.25) is 0 Å². The molecule has 1 aromatic carbocycles. The highest BCUT2D eigenvalue weighted by Gasteiger charge is 2.07. The Balaban J connectivity index is 1.89. The van der Waals surface area contributed by atoms with Crippen LogP contribution >= 0.6 is 11.6 Å². The van der Waals surface area contributed by atoms with E-state index in [0.29, 0.717) is 13.2 Å². The van der Waals surface area contributed by atoms with Crippen molar-refractivity contribution in [1.29, 1.82) is 0 Å². The van der Waals surface area contributed by atoms with Gasteiger partial charge >= 0.3 is 0 Å². The van der Waals surface area contributed by atoms with Crippen LogP contribution in [0.15, 0.2) is 41.1 Å². The maximum Gasteiger partial charge on any atom is 0.162 e. The quantitative estimate of drug-likeness (QED) is 0.732. The molecule has 0 atom stereocenters. The number of hydrogen-bond donors (Lipinski definition) is 0. The monoisotopic (exact) mass is 276 g/mol. The van der Waals surface area contributed by atoms with E-state index >= 15 is 0 Å². The van der Waals surface area contributed by atoms with Crippen LogP contribution in [0.5, 0.6) is 0 Å². The molecule has 0 unspecified atom stereocenters. The van der Waals surface area contributed by atoms with Crippen LogP contribution in [0.2, 0.25) is 5.02 Å². The van der Waals surface area contributed by atoms with Gasteiger partial charge in [-0.2, -0.15) is 0 Å². The summed E-state index contributed by atoms with van der Waals surface area (Å²) in [4.78, 5) is 0. The molecule has 0 aliphatic heterocycles. The van der Waals surface area contributed by atoms with E-state index in [1.807, 2.05) is 30.5 Å². The first-order chi connectivity index (χ1) is 9.26. The molecule has 19 heavy (non-hydrogen) atoms. The van der Waals surface area contributed by atoms with Gasteiger partial charge in [-0.1, -0.05) is 22.8 Å². The molecule has 4 nitrogen and oxygen atoms in total. The number of hydrogen-bond acceptors (Lipinski definition) is 3. The molecule has 0 saturated carbocycles. The van der Waals surface area contributed by atoms with Gasteiger partial charge in [-0.05, 0) is 23.6 Å². The Morgan fingerprint density at radius 2 is 2.21 bits per heavy atom. The van der Waals surface area contributed by atoms with E-state index in [-0.39, 0.29) is 0 Å². The van der Waals surface area contributed by atoms with Crippen molar-refractivity contribution in [2.45, 2.75) is 13.2 Å². The smallest absolute Gasteiger partial charge is 0.162 e. The van der Waals surface area contributed by atoms with Crippen LogP contribution in [0.1, 0.15) is 11.5 Å². The topological polar surface area (TPSA) is 40.2 Å². The second-order valence-corrected chi connectivity index (χ2v) is 4.80. The van der Waals surface area contributed by atoms with Crippen LogP contribution in [0.25, 0.3) is 10.9 Å². The third-order valence-electron chi connectivity index (χ3n) is 2.96. The predicted octanol–water partition coefficient (Wildman–Crippen LogP) is 3.48. The third-order valence-corrected chi connectivity index (χ3v) is 3.20. The number of nitrogens with zero attached hydrogens (tertiary/aromatic N) is 2. The highest BCUT2D eigenvalue weighted by Crippen LogP contribution is 2.21. The molecular formula is C14H13ClN2O2. The molecule has 0 fully saturated rings. The Kier molecular flexibility index (Phi) is 3.27. The molecule has 2 heterocycles. The summed E-state index contributed by atoms with van der Waals surface area (Å²) in [5.41, 5.74) is 1.95. The number of fused-ring (bicyclic) bond motifs is 1. The summed E-state index contributed by atoms with van der Waals surface area (Å²) in [7, 11) is 1.63. The molecule has 98 valence electrons. The van der Waals surface area contributed by atoms with Crippen LogP contribution in [0.3, 0.4) is 0 Å². The predicted molar refractivity (Wildman–Crippen MR) is 73.3 cm³/mol. The van der Waals surface area contributed by atoms with Gasteiger partial charge in [0.1, 0.15) is 12.3 Å². The molecule has 3 aromatic rings. The zero-order chi connectivity index (χ0) is 13.2. The van der Waals surface area contributed by atoms with Crippen molar-refractivity contribution < 1.29 is 9.26 Å². The maximum absolute atomic E-state index is 6.03. The van der Waals surface area contributed by atoms with Gasteiger partial charge in [-0.25, -0.2) is 0 Å². The SMILES string of the molecule is COCc1cc(Cn2ccc3ccc(Cl)cc32)no1. The Labute approximate surface area is 115 Å². The number of methoxy groups -OCH3 is 1. The first-order valence-electron chi connectivity index (χ1n) is 5.94. The van der Waals surface area contributed by atoms with E-state index in [1.54, 1.807) is 7.11 Å². The fourth-order valence-electron chi connectivity index (χ4n) is 2.11. The molecule has 2 aromatic heterocycles. The Morgan fingerprint density at radius 1 is 1.32 bits per heavy atom. The Hall–Kier alpha value is -1.78. The molecular weight excluding hydrogens is 264 g/mol. The summed E-state index contributed by atoms with van der Waals surface area (Å²) < 4.78 is 12.3. The molecule has 5 heteroatoms. The highest BCUT2D eigenvalue weighted by molar-refractivity contribution is 6.31. The summed E-state index contributed by atoms with van der Waals surface area (Å²) in [6, 6.07) is 9.81. The average molecular weight is 277 g/mol. The van der Waals surface area contributed by atoms with Gasteiger partial charge in [0.25, 0.3) is 0 Å². The Bertz CT molecular complexity index is 702. The standard InChI is InChI=1S/C14H13ClN2O2/c1-18-9-13-7-12(16-19-13)8-17-5-4-10-2-3-11(15)6-14(10)17/h2-7H,8-9H2,1H3. The molecule has 0 radical (unpaired) electrons. The summed E-state index contributed by atoms with van der Waals surface area (Å²) >= 11 is 6.03. The van der Waals surface area contributed by atoms with Crippen molar-refractivity contribution in [3.8, 4) is 0 Å². The van der Waals surface area contributed by atoms with E-state index in [9.17, 15) is 0 Å².